The number of para-hydroxylation sites is 1. The maximum Gasteiger partial charge on any atom is 0.232 e. The highest BCUT2D eigenvalue weighted by molar-refractivity contribution is 7.92. The summed E-state index contributed by atoms with van der Waals surface area (Å²) in [4.78, 5) is 12.4. The standard InChI is InChI=1S/C22H29FN2O3S/c1-15-13-17(3)19(14-16(15)2)18(4)24-22(26)11-8-12-25(29(5,27)28)21-10-7-6-9-20(21)23/h6-7,9-10,13-14,18H,8,11-12H2,1-5H3,(H,24,26). The largest absolute Gasteiger partial charge is 0.350 e. The van der Waals surface area contributed by atoms with E-state index in [4.69, 9.17) is 0 Å². The third-order valence-corrected chi connectivity index (χ3v) is 6.19. The molecule has 1 atom stereocenters. The number of nitrogens with zero attached hydrogens (tertiary/aromatic N) is 1. The van der Waals surface area contributed by atoms with Gasteiger partial charge in [0.2, 0.25) is 15.9 Å². The van der Waals surface area contributed by atoms with E-state index in [0.29, 0.717) is 0 Å². The highest BCUT2D eigenvalue weighted by atomic mass is 32.2. The zero-order valence-corrected chi connectivity index (χ0v) is 18.4. The Labute approximate surface area is 173 Å². The molecule has 0 aliphatic carbocycles. The molecule has 2 aromatic rings. The van der Waals surface area contributed by atoms with Crippen LogP contribution in [-0.4, -0.2) is 27.1 Å². The van der Waals surface area contributed by atoms with Crippen molar-refractivity contribution in [2.75, 3.05) is 17.1 Å². The van der Waals surface area contributed by atoms with Gasteiger partial charge in [-0.3, -0.25) is 9.10 Å². The van der Waals surface area contributed by atoms with E-state index in [1.165, 1.54) is 29.3 Å². The molecular formula is C22H29FN2O3S. The maximum absolute atomic E-state index is 14.0. The lowest BCUT2D eigenvalue weighted by Crippen LogP contribution is -2.33. The summed E-state index contributed by atoms with van der Waals surface area (Å²) in [6, 6.07) is 9.75. The Morgan fingerprint density at radius 3 is 2.34 bits per heavy atom. The van der Waals surface area contributed by atoms with Gasteiger partial charge in [-0.2, -0.15) is 0 Å². The Hall–Kier alpha value is -2.41. The molecule has 0 saturated heterocycles. The van der Waals surface area contributed by atoms with Gasteiger partial charge in [-0.05, 0) is 68.5 Å². The molecule has 0 aliphatic rings. The van der Waals surface area contributed by atoms with Crippen LogP contribution in [0.2, 0.25) is 0 Å². The second-order valence-electron chi connectivity index (χ2n) is 7.47. The summed E-state index contributed by atoms with van der Waals surface area (Å²) in [5.74, 6) is -0.779. The van der Waals surface area contributed by atoms with E-state index in [1.54, 1.807) is 6.07 Å². The van der Waals surface area contributed by atoms with Crippen LogP contribution in [-0.2, 0) is 14.8 Å². The SMILES string of the molecule is Cc1cc(C)c(C(C)NC(=O)CCCN(c2ccccc2F)S(C)(=O)=O)cc1C. The summed E-state index contributed by atoms with van der Waals surface area (Å²) < 4.78 is 39.2. The molecule has 0 fully saturated rings. The van der Waals surface area contributed by atoms with Crippen molar-refractivity contribution in [1.29, 1.82) is 0 Å². The number of hydrogen-bond donors (Lipinski definition) is 1. The molecule has 2 aromatic carbocycles. The number of amides is 1. The van der Waals surface area contributed by atoms with E-state index in [0.717, 1.165) is 21.7 Å². The Morgan fingerprint density at radius 2 is 1.72 bits per heavy atom. The molecule has 5 nitrogen and oxygen atoms in total. The summed E-state index contributed by atoms with van der Waals surface area (Å²) in [6.45, 7) is 8.07. The van der Waals surface area contributed by atoms with Gasteiger partial charge in [0, 0.05) is 13.0 Å². The molecule has 0 bridgehead atoms. The van der Waals surface area contributed by atoms with Gasteiger partial charge in [-0.1, -0.05) is 24.3 Å². The van der Waals surface area contributed by atoms with Crippen molar-refractivity contribution >= 4 is 21.6 Å². The van der Waals surface area contributed by atoms with Crippen molar-refractivity contribution in [2.24, 2.45) is 0 Å². The number of sulfonamides is 1. The number of carbonyl (C=O) groups is 1. The Balaban J connectivity index is 1.99. The molecule has 1 unspecified atom stereocenters. The monoisotopic (exact) mass is 420 g/mol. The van der Waals surface area contributed by atoms with Crippen LogP contribution in [0.1, 0.15) is 48.1 Å². The molecule has 158 valence electrons. The van der Waals surface area contributed by atoms with E-state index in [9.17, 15) is 17.6 Å². The van der Waals surface area contributed by atoms with Gasteiger partial charge in [0.05, 0.1) is 18.0 Å². The van der Waals surface area contributed by atoms with E-state index < -0.39 is 15.8 Å². The van der Waals surface area contributed by atoms with Crippen LogP contribution in [0.5, 0.6) is 0 Å². The molecule has 0 heterocycles. The van der Waals surface area contributed by atoms with Gasteiger partial charge >= 0.3 is 0 Å². The molecule has 7 heteroatoms. The van der Waals surface area contributed by atoms with Gasteiger partial charge in [-0.25, -0.2) is 12.8 Å². The number of hydrogen-bond acceptors (Lipinski definition) is 3. The minimum atomic E-state index is -3.66. The normalized spacial score (nSPS) is 12.5. The quantitative estimate of drug-likeness (QED) is 0.697. The topological polar surface area (TPSA) is 66.5 Å². The number of rotatable bonds is 8. The van der Waals surface area contributed by atoms with E-state index in [1.807, 2.05) is 20.8 Å². The lowest BCUT2D eigenvalue weighted by molar-refractivity contribution is -0.121. The third-order valence-electron chi connectivity index (χ3n) is 5.01. The minimum absolute atomic E-state index is 0.00506. The molecule has 0 saturated carbocycles. The molecule has 2 rings (SSSR count). The molecule has 0 aliphatic heterocycles. The fraction of sp³-hybridized carbons (Fsp3) is 0.409. The van der Waals surface area contributed by atoms with Gasteiger partial charge in [0.15, 0.2) is 0 Å². The van der Waals surface area contributed by atoms with Gasteiger partial charge in [0.1, 0.15) is 5.82 Å². The second kappa shape index (κ2) is 9.39. The molecule has 0 aromatic heterocycles. The molecule has 29 heavy (non-hydrogen) atoms. The average Bonchev–Trinajstić information content (AvgIpc) is 2.61. The van der Waals surface area contributed by atoms with E-state index in [-0.39, 0.29) is 37.0 Å². The number of benzene rings is 2. The molecule has 1 N–H and O–H groups in total. The lowest BCUT2D eigenvalue weighted by atomic mass is 9.96. The first-order valence-corrected chi connectivity index (χ1v) is 11.4. The van der Waals surface area contributed by atoms with Crippen LogP contribution in [0.25, 0.3) is 0 Å². The van der Waals surface area contributed by atoms with Crippen LogP contribution in [0.4, 0.5) is 10.1 Å². The zero-order valence-electron chi connectivity index (χ0n) is 17.6. The zero-order chi connectivity index (χ0) is 21.8. The summed E-state index contributed by atoms with van der Waals surface area (Å²) in [5, 5.41) is 2.97. The summed E-state index contributed by atoms with van der Waals surface area (Å²) in [5.41, 5.74) is 4.54. The predicted molar refractivity (Wildman–Crippen MR) is 115 cm³/mol. The molecular weight excluding hydrogens is 391 g/mol. The highest BCUT2D eigenvalue weighted by Crippen LogP contribution is 2.23. The van der Waals surface area contributed by atoms with Crippen LogP contribution < -0.4 is 9.62 Å². The maximum atomic E-state index is 14.0. The van der Waals surface area contributed by atoms with Crippen molar-refractivity contribution in [1.82, 2.24) is 5.32 Å². The smallest absolute Gasteiger partial charge is 0.232 e. The lowest BCUT2D eigenvalue weighted by Gasteiger charge is -2.23. The first-order chi connectivity index (χ1) is 13.5. The predicted octanol–water partition coefficient (Wildman–Crippen LogP) is 4.17. The van der Waals surface area contributed by atoms with Crippen LogP contribution in [0.15, 0.2) is 36.4 Å². The highest BCUT2D eigenvalue weighted by Gasteiger charge is 2.21. The molecule has 0 spiro atoms. The summed E-state index contributed by atoms with van der Waals surface area (Å²) >= 11 is 0. The number of nitrogens with one attached hydrogen (secondary N) is 1. The second-order valence-corrected chi connectivity index (χ2v) is 9.38. The first-order valence-electron chi connectivity index (χ1n) is 9.60. The Morgan fingerprint density at radius 1 is 1.10 bits per heavy atom. The van der Waals surface area contributed by atoms with Crippen molar-refractivity contribution in [3.05, 3.63) is 64.5 Å². The fourth-order valence-electron chi connectivity index (χ4n) is 3.34. The summed E-state index contributed by atoms with van der Waals surface area (Å²) in [7, 11) is -3.66. The molecule has 1 amide bonds. The number of anilines is 1. The van der Waals surface area contributed by atoms with Crippen molar-refractivity contribution in [3.63, 3.8) is 0 Å². The summed E-state index contributed by atoms with van der Waals surface area (Å²) in [6.07, 6.45) is 1.46. The number of carbonyl (C=O) groups excluding carboxylic acids is 1. The third kappa shape index (κ3) is 6.03. The van der Waals surface area contributed by atoms with E-state index >= 15 is 0 Å². The van der Waals surface area contributed by atoms with Crippen LogP contribution in [0, 0.1) is 26.6 Å². The fourth-order valence-corrected chi connectivity index (χ4v) is 4.31. The van der Waals surface area contributed by atoms with Gasteiger partial charge in [-0.15, -0.1) is 0 Å². The van der Waals surface area contributed by atoms with Crippen molar-refractivity contribution in [2.45, 2.75) is 46.6 Å². The Kier molecular flexibility index (Phi) is 7.41. The average molecular weight is 421 g/mol. The van der Waals surface area contributed by atoms with Crippen molar-refractivity contribution < 1.29 is 17.6 Å². The first kappa shape index (κ1) is 22.9. The number of aryl methyl sites for hydroxylation is 3. The number of halogens is 1. The minimum Gasteiger partial charge on any atom is -0.350 e. The van der Waals surface area contributed by atoms with Crippen LogP contribution in [0.3, 0.4) is 0 Å². The van der Waals surface area contributed by atoms with Gasteiger partial charge < -0.3 is 5.32 Å². The van der Waals surface area contributed by atoms with E-state index in [2.05, 4.69) is 24.4 Å². The molecule has 0 radical (unpaired) electrons. The van der Waals surface area contributed by atoms with Gasteiger partial charge in [0.25, 0.3) is 0 Å². The van der Waals surface area contributed by atoms with Crippen molar-refractivity contribution in [3.8, 4) is 0 Å². The van der Waals surface area contributed by atoms with Crippen LogP contribution >= 0.6 is 0 Å². The Bertz CT molecular complexity index is 990.